The molecule has 19 heavy (non-hydrogen) atoms. The van der Waals surface area contributed by atoms with E-state index in [1.807, 2.05) is 30.5 Å². The van der Waals surface area contributed by atoms with Gasteiger partial charge in [-0.15, -0.1) is 0 Å². The SMILES string of the molecule is COc1cccc(C(=O)n2ccc3c2CCNC3)c1. The van der Waals surface area contributed by atoms with Crippen molar-refractivity contribution in [1.82, 2.24) is 9.88 Å². The normalized spacial score (nSPS) is 13.9. The Hall–Kier alpha value is -2.07. The Bertz CT molecular complexity index is 616. The summed E-state index contributed by atoms with van der Waals surface area (Å²) < 4.78 is 6.92. The topological polar surface area (TPSA) is 43.3 Å². The summed E-state index contributed by atoms with van der Waals surface area (Å²) in [6, 6.07) is 9.28. The minimum absolute atomic E-state index is 0.00190. The van der Waals surface area contributed by atoms with Gasteiger partial charge in [0.25, 0.3) is 5.91 Å². The highest BCUT2D eigenvalue weighted by molar-refractivity contribution is 5.97. The molecule has 0 aliphatic carbocycles. The van der Waals surface area contributed by atoms with Crippen molar-refractivity contribution in [2.75, 3.05) is 13.7 Å². The predicted molar refractivity (Wildman–Crippen MR) is 72.6 cm³/mol. The Morgan fingerprint density at radius 1 is 1.37 bits per heavy atom. The molecule has 0 unspecified atom stereocenters. The molecule has 3 rings (SSSR count). The molecule has 0 saturated heterocycles. The zero-order chi connectivity index (χ0) is 13.2. The standard InChI is InChI=1S/C15H16N2O2/c1-19-13-4-2-3-11(9-13)15(18)17-8-6-12-10-16-7-5-14(12)17/h2-4,6,8-9,16H,5,7,10H2,1H3. The number of carbonyl (C=O) groups excluding carboxylic acids is 1. The van der Waals surface area contributed by atoms with Crippen molar-refractivity contribution in [1.29, 1.82) is 0 Å². The first-order chi connectivity index (χ1) is 9.29. The maximum absolute atomic E-state index is 12.5. The van der Waals surface area contributed by atoms with E-state index in [0.29, 0.717) is 11.3 Å². The summed E-state index contributed by atoms with van der Waals surface area (Å²) in [5.74, 6) is 0.704. The van der Waals surface area contributed by atoms with Gasteiger partial charge in [0.15, 0.2) is 0 Å². The molecule has 1 N–H and O–H groups in total. The molecule has 0 radical (unpaired) electrons. The Labute approximate surface area is 112 Å². The Balaban J connectivity index is 1.97. The first-order valence-electron chi connectivity index (χ1n) is 6.38. The minimum Gasteiger partial charge on any atom is -0.497 e. The average molecular weight is 256 g/mol. The quantitative estimate of drug-likeness (QED) is 0.891. The molecule has 2 aromatic rings. The van der Waals surface area contributed by atoms with Crippen molar-refractivity contribution in [2.24, 2.45) is 0 Å². The van der Waals surface area contributed by atoms with Crippen molar-refractivity contribution in [3.8, 4) is 5.75 Å². The van der Waals surface area contributed by atoms with Crippen LogP contribution in [-0.4, -0.2) is 24.1 Å². The van der Waals surface area contributed by atoms with Crippen LogP contribution in [0.25, 0.3) is 0 Å². The summed E-state index contributed by atoms with van der Waals surface area (Å²) in [5.41, 5.74) is 2.98. The molecule has 4 heteroatoms. The van der Waals surface area contributed by atoms with E-state index in [-0.39, 0.29) is 5.91 Å². The van der Waals surface area contributed by atoms with Gasteiger partial charge in [-0.25, -0.2) is 0 Å². The van der Waals surface area contributed by atoms with Gasteiger partial charge in [-0.05, 0) is 29.8 Å². The van der Waals surface area contributed by atoms with E-state index in [1.165, 1.54) is 5.56 Å². The number of rotatable bonds is 2. The predicted octanol–water partition coefficient (Wildman–Crippen LogP) is 1.83. The molecular formula is C15H16N2O2. The summed E-state index contributed by atoms with van der Waals surface area (Å²) >= 11 is 0. The highest BCUT2D eigenvalue weighted by atomic mass is 16.5. The highest BCUT2D eigenvalue weighted by Gasteiger charge is 2.18. The summed E-state index contributed by atoms with van der Waals surface area (Å²) in [5, 5.41) is 3.31. The van der Waals surface area contributed by atoms with Gasteiger partial charge >= 0.3 is 0 Å². The second-order valence-electron chi connectivity index (χ2n) is 4.62. The van der Waals surface area contributed by atoms with Crippen molar-refractivity contribution < 1.29 is 9.53 Å². The molecule has 98 valence electrons. The average Bonchev–Trinajstić information content (AvgIpc) is 2.90. The molecule has 0 saturated carbocycles. The number of benzene rings is 1. The number of hydrogen-bond donors (Lipinski definition) is 1. The van der Waals surface area contributed by atoms with Gasteiger partial charge in [-0.2, -0.15) is 0 Å². The van der Waals surface area contributed by atoms with Gasteiger partial charge < -0.3 is 10.1 Å². The number of aromatic nitrogens is 1. The molecule has 2 heterocycles. The van der Waals surface area contributed by atoms with E-state index in [4.69, 9.17) is 4.74 Å². The summed E-state index contributed by atoms with van der Waals surface area (Å²) in [4.78, 5) is 12.5. The largest absolute Gasteiger partial charge is 0.497 e. The van der Waals surface area contributed by atoms with E-state index < -0.39 is 0 Å². The number of ether oxygens (including phenoxy) is 1. The first-order valence-corrected chi connectivity index (χ1v) is 6.38. The lowest BCUT2D eigenvalue weighted by molar-refractivity contribution is 0.0956. The number of methoxy groups -OCH3 is 1. The van der Waals surface area contributed by atoms with Crippen molar-refractivity contribution in [2.45, 2.75) is 13.0 Å². The molecule has 1 aliphatic rings. The lowest BCUT2D eigenvalue weighted by atomic mass is 10.1. The van der Waals surface area contributed by atoms with Gasteiger partial charge in [0, 0.05) is 37.0 Å². The molecule has 1 aliphatic heterocycles. The van der Waals surface area contributed by atoms with E-state index >= 15 is 0 Å². The lowest BCUT2D eigenvalue weighted by Crippen LogP contribution is -2.26. The molecule has 0 bridgehead atoms. The third-order valence-electron chi connectivity index (χ3n) is 3.48. The third kappa shape index (κ3) is 2.15. The second-order valence-corrected chi connectivity index (χ2v) is 4.62. The minimum atomic E-state index is 0.00190. The van der Waals surface area contributed by atoms with Crippen molar-refractivity contribution in [3.63, 3.8) is 0 Å². The van der Waals surface area contributed by atoms with E-state index in [0.717, 1.165) is 25.2 Å². The van der Waals surface area contributed by atoms with Crippen LogP contribution in [0.1, 0.15) is 21.6 Å². The Morgan fingerprint density at radius 3 is 3.11 bits per heavy atom. The molecule has 1 aromatic heterocycles. The molecule has 0 amide bonds. The summed E-state index contributed by atoms with van der Waals surface area (Å²) in [6.45, 7) is 1.76. The highest BCUT2D eigenvalue weighted by Crippen LogP contribution is 2.19. The second kappa shape index (κ2) is 4.90. The van der Waals surface area contributed by atoms with Gasteiger partial charge in [-0.3, -0.25) is 9.36 Å². The van der Waals surface area contributed by atoms with E-state index in [2.05, 4.69) is 5.32 Å². The van der Waals surface area contributed by atoms with Crippen LogP contribution >= 0.6 is 0 Å². The maximum Gasteiger partial charge on any atom is 0.262 e. The van der Waals surface area contributed by atoms with Gasteiger partial charge in [0.2, 0.25) is 0 Å². The fourth-order valence-electron chi connectivity index (χ4n) is 2.46. The number of hydrogen-bond acceptors (Lipinski definition) is 3. The number of fused-ring (bicyclic) bond motifs is 1. The van der Waals surface area contributed by atoms with Crippen LogP contribution in [0.4, 0.5) is 0 Å². The molecule has 0 fully saturated rings. The van der Waals surface area contributed by atoms with Crippen LogP contribution in [0.2, 0.25) is 0 Å². The van der Waals surface area contributed by atoms with Crippen LogP contribution in [0.15, 0.2) is 36.5 Å². The zero-order valence-electron chi connectivity index (χ0n) is 10.8. The molecule has 4 nitrogen and oxygen atoms in total. The Kier molecular flexibility index (Phi) is 3.09. The monoisotopic (exact) mass is 256 g/mol. The fourth-order valence-corrected chi connectivity index (χ4v) is 2.46. The smallest absolute Gasteiger partial charge is 0.262 e. The Morgan fingerprint density at radius 2 is 2.26 bits per heavy atom. The zero-order valence-corrected chi connectivity index (χ0v) is 10.8. The van der Waals surface area contributed by atoms with Crippen LogP contribution < -0.4 is 10.1 Å². The number of nitrogens with one attached hydrogen (secondary N) is 1. The number of carbonyl (C=O) groups is 1. The fraction of sp³-hybridized carbons (Fsp3) is 0.267. The van der Waals surface area contributed by atoms with Crippen molar-refractivity contribution in [3.05, 3.63) is 53.3 Å². The van der Waals surface area contributed by atoms with Gasteiger partial charge in [0.05, 0.1) is 7.11 Å². The maximum atomic E-state index is 12.5. The van der Waals surface area contributed by atoms with Crippen LogP contribution in [0, 0.1) is 0 Å². The van der Waals surface area contributed by atoms with E-state index in [9.17, 15) is 4.79 Å². The van der Waals surface area contributed by atoms with Crippen molar-refractivity contribution >= 4 is 5.91 Å². The lowest BCUT2D eigenvalue weighted by Gasteiger charge is -2.16. The summed E-state index contributed by atoms with van der Waals surface area (Å²) in [6.07, 6.45) is 2.75. The molecule has 0 spiro atoms. The first kappa shape index (κ1) is 12.0. The van der Waals surface area contributed by atoms with Gasteiger partial charge in [0.1, 0.15) is 5.75 Å². The third-order valence-corrected chi connectivity index (χ3v) is 3.48. The molecule has 1 aromatic carbocycles. The van der Waals surface area contributed by atoms with Crippen LogP contribution in [0.3, 0.4) is 0 Å². The van der Waals surface area contributed by atoms with Gasteiger partial charge in [-0.1, -0.05) is 6.07 Å². The molecular weight excluding hydrogens is 240 g/mol. The summed E-state index contributed by atoms with van der Waals surface area (Å²) in [7, 11) is 1.60. The van der Waals surface area contributed by atoms with E-state index in [1.54, 1.807) is 17.7 Å². The van der Waals surface area contributed by atoms with Crippen LogP contribution in [0.5, 0.6) is 5.75 Å². The molecule has 0 atom stereocenters. The van der Waals surface area contributed by atoms with Crippen LogP contribution in [-0.2, 0) is 13.0 Å². The number of nitrogens with zero attached hydrogens (tertiary/aromatic N) is 1.